The number of nitrogens with one attached hydrogen (secondary N) is 2. The van der Waals surface area contributed by atoms with Gasteiger partial charge in [-0.2, -0.15) is 0 Å². The Morgan fingerprint density at radius 2 is 1.46 bits per heavy atom. The first-order valence-corrected chi connectivity index (χ1v) is 20.4. The number of carbonyl (C=O) groups excluding carboxylic acids is 2. The molecule has 0 aromatic rings. The molecule has 3 aliphatic rings. The zero-order valence-corrected chi connectivity index (χ0v) is 30.5. The van der Waals surface area contributed by atoms with E-state index in [0.717, 1.165) is 51.0 Å². The van der Waals surface area contributed by atoms with Crippen LogP contribution in [-0.2, 0) is 19.1 Å². The summed E-state index contributed by atoms with van der Waals surface area (Å²) in [5.74, 6) is 0.975. The molecule has 2 aliphatic heterocycles. The van der Waals surface area contributed by atoms with Crippen LogP contribution in [0.5, 0.6) is 0 Å². The number of ether oxygens (including phenoxy) is 2. The predicted molar refractivity (Wildman–Crippen MR) is 188 cm³/mol. The SMILES string of the molecule is CCCCCCCCCCCCCCCC(=O)OC1C(SC)OC(C(NC(=O)C2CCC(CC3CC3)CCN2)C(C)Cl)C(O)C1O. The van der Waals surface area contributed by atoms with E-state index in [-0.39, 0.29) is 18.4 Å². The first-order valence-electron chi connectivity index (χ1n) is 18.7. The molecular weight excluding hydrogens is 624 g/mol. The Morgan fingerprint density at radius 3 is 2.02 bits per heavy atom. The van der Waals surface area contributed by atoms with Crippen LogP contribution in [0.3, 0.4) is 0 Å². The molecule has 0 aromatic carbocycles. The standard InChI is InChI=1S/C36H65ClN2O6S/c1-4-5-6-7-8-9-10-11-12-13-14-15-16-17-29(40)44-34-32(42)31(41)33(45-36(34)46-3)30(25(2)37)39-35(43)28-21-20-27(22-23-38-28)24-26-18-19-26/h25-28,30-34,36,38,41-42H,4-24H2,1-3H3,(H,39,43). The highest BCUT2D eigenvalue weighted by Crippen LogP contribution is 2.38. The smallest absolute Gasteiger partial charge is 0.306 e. The molecule has 3 rings (SSSR count). The Bertz CT molecular complexity index is 862. The van der Waals surface area contributed by atoms with Crippen LogP contribution in [0.25, 0.3) is 0 Å². The van der Waals surface area contributed by atoms with Gasteiger partial charge in [-0.25, -0.2) is 0 Å². The van der Waals surface area contributed by atoms with E-state index in [2.05, 4.69) is 17.6 Å². The van der Waals surface area contributed by atoms with Crippen molar-refractivity contribution in [1.29, 1.82) is 0 Å². The van der Waals surface area contributed by atoms with Crippen LogP contribution >= 0.6 is 23.4 Å². The predicted octanol–water partition coefficient (Wildman–Crippen LogP) is 6.86. The van der Waals surface area contributed by atoms with E-state index in [9.17, 15) is 19.8 Å². The molecule has 0 spiro atoms. The van der Waals surface area contributed by atoms with Crippen LogP contribution in [0.2, 0.25) is 0 Å². The lowest BCUT2D eigenvalue weighted by molar-refractivity contribution is -0.218. The van der Waals surface area contributed by atoms with Gasteiger partial charge in [0.25, 0.3) is 0 Å². The average molecular weight is 689 g/mol. The highest BCUT2D eigenvalue weighted by Gasteiger charge is 2.50. The summed E-state index contributed by atoms with van der Waals surface area (Å²) in [4.78, 5) is 26.1. The zero-order valence-electron chi connectivity index (χ0n) is 28.9. The summed E-state index contributed by atoms with van der Waals surface area (Å²) in [7, 11) is 0. The van der Waals surface area contributed by atoms with Crippen molar-refractivity contribution in [2.45, 2.75) is 190 Å². The molecule has 2 saturated heterocycles. The molecule has 9 unspecified atom stereocenters. The summed E-state index contributed by atoms with van der Waals surface area (Å²) < 4.78 is 11.9. The number of thioether (sulfide) groups is 1. The van der Waals surface area contributed by atoms with Crippen molar-refractivity contribution in [2.75, 3.05) is 12.8 Å². The number of rotatable bonds is 22. The molecule has 46 heavy (non-hydrogen) atoms. The fraction of sp³-hybridized carbons (Fsp3) is 0.944. The Balaban J connectivity index is 1.38. The van der Waals surface area contributed by atoms with Crippen molar-refractivity contribution in [3.63, 3.8) is 0 Å². The second kappa shape index (κ2) is 22.2. The Hall–Kier alpha value is -0.580. The maximum atomic E-state index is 13.4. The van der Waals surface area contributed by atoms with Crippen LogP contribution in [0.4, 0.5) is 0 Å². The van der Waals surface area contributed by atoms with Gasteiger partial charge in [-0.15, -0.1) is 23.4 Å². The quantitative estimate of drug-likeness (QED) is 0.0554. The molecule has 268 valence electrons. The topological polar surface area (TPSA) is 117 Å². The number of aliphatic hydroxyl groups is 2. The molecule has 0 radical (unpaired) electrons. The number of hydrogen-bond acceptors (Lipinski definition) is 8. The minimum atomic E-state index is -1.38. The molecule has 0 aromatic heterocycles. The second-order valence-corrected chi connectivity index (χ2v) is 15.9. The van der Waals surface area contributed by atoms with Gasteiger partial charge in [-0.1, -0.05) is 96.8 Å². The highest BCUT2D eigenvalue weighted by atomic mass is 35.5. The number of unbranched alkanes of at least 4 members (excludes halogenated alkanes) is 12. The number of aliphatic hydroxyl groups excluding tert-OH is 2. The van der Waals surface area contributed by atoms with Gasteiger partial charge in [0.05, 0.1) is 17.5 Å². The monoisotopic (exact) mass is 688 g/mol. The van der Waals surface area contributed by atoms with Crippen LogP contribution in [0.1, 0.15) is 142 Å². The molecule has 10 heteroatoms. The van der Waals surface area contributed by atoms with Crippen LogP contribution in [0, 0.1) is 11.8 Å². The molecule has 8 nitrogen and oxygen atoms in total. The summed E-state index contributed by atoms with van der Waals surface area (Å²) in [5.41, 5.74) is -0.701. The summed E-state index contributed by atoms with van der Waals surface area (Å²) in [6, 6.07) is -1.06. The van der Waals surface area contributed by atoms with E-state index in [1.54, 1.807) is 6.92 Å². The van der Waals surface area contributed by atoms with Gasteiger partial charge < -0.3 is 30.3 Å². The summed E-state index contributed by atoms with van der Waals surface area (Å²) in [6.07, 6.45) is 20.2. The number of amides is 1. The third kappa shape index (κ3) is 14.1. The maximum Gasteiger partial charge on any atom is 0.306 e. The first-order chi connectivity index (χ1) is 22.2. The van der Waals surface area contributed by atoms with E-state index in [0.29, 0.717) is 5.92 Å². The number of esters is 1. The lowest BCUT2D eigenvalue weighted by Crippen LogP contribution is -2.65. The summed E-state index contributed by atoms with van der Waals surface area (Å²) >= 11 is 7.85. The second-order valence-electron chi connectivity index (χ2n) is 14.3. The summed E-state index contributed by atoms with van der Waals surface area (Å²) in [6.45, 7) is 4.80. The molecule has 0 bridgehead atoms. The normalized spacial score (nSPS) is 29.9. The van der Waals surface area contributed by atoms with Crippen molar-refractivity contribution in [3.05, 3.63) is 0 Å². The maximum absolute atomic E-state index is 13.4. The first kappa shape index (κ1) is 39.9. The van der Waals surface area contributed by atoms with Gasteiger partial charge in [0.15, 0.2) is 6.10 Å². The molecule has 1 saturated carbocycles. The molecule has 1 aliphatic carbocycles. The fourth-order valence-electron chi connectivity index (χ4n) is 7.09. The molecule has 9 atom stereocenters. The summed E-state index contributed by atoms with van der Waals surface area (Å²) in [5, 5.41) is 28.1. The van der Waals surface area contributed by atoms with Crippen molar-refractivity contribution in [2.24, 2.45) is 11.8 Å². The third-order valence-corrected chi connectivity index (χ3v) is 11.3. The van der Waals surface area contributed by atoms with E-state index >= 15 is 0 Å². The van der Waals surface area contributed by atoms with Gasteiger partial charge in [-0.3, -0.25) is 9.59 Å². The number of hydrogen-bond donors (Lipinski definition) is 4. The third-order valence-electron chi connectivity index (χ3n) is 10.2. The fourth-order valence-corrected chi connectivity index (χ4v) is 8.02. The minimum absolute atomic E-state index is 0.165. The van der Waals surface area contributed by atoms with E-state index in [4.69, 9.17) is 21.1 Å². The minimum Gasteiger partial charge on any atom is -0.456 e. The molecule has 2 heterocycles. The van der Waals surface area contributed by atoms with Gasteiger partial charge in [-0.05, 0) is 63.7 Å². The van der Waals surface area contributed by atoms with Gasteiger partial charge >= 0.3 is 5.97 Å². The van der Waals surface area contributed by atoms with Crippen LogP contribution in [0.15, 0.2) is 0 Å². The number of halogens is 1. The van der Waals surface area contributed by atoms with Crippen molar-refractivity contribution < 1.29 is 29.3 Å². The average Bonchev–Trinajstić information content (AvgIpc) is 3.88. The lowest BCUT2D eigenvalue weighted by Gasteiger charge is -2.45. The van der Waals surface area contributed by atoms with E-state index in [1.807, 2.05) is 6.26 Å². The highest BCUT2D eigenvalue weighted by molar-refractivity contribution is 7.99. The largest absolute Gasteiger partial charge is 0.456 e. The van der Waals surface area contributed by atoms with E-state index < -0.39 is 47.2 Å². The van der Waals surface area contributed by atoms with E-state index in [1.165, 1.54) is 95.2 Å². The van der Waals surface area contributed by atoms with Crippen molar-refractivity contribution in [3.8, 4) is 0 Å². The number of alkyl halides is 1. The van der Waals surface area contributed by atoms with Crippen LogP contribution < -0.4 is 10.6 Å². The van der Waals surface area contributed by atoms with Crippen molar-refractivity contribution >= 4 is 35.2 Å². The molecule has 1 amide bonds. The van der Waals surface area contributed by atoms with Crippen molar-refractivity contribution in [1.82, 2.24) is 10.6 Å². The van der Waals surface area contributed by atoms with Gasteiger partial charge in [0.2, 0.25) is 5.91 Å². The zero-order chi connectivity index (χ0) is 33.3. The van der Waals surface area contributed by atoms with Crippen LogP contribution in [-0.4, -0.2) is 82.2 Å². The lowest BCUT2D eigenvalue weighted by atomic mass is 9.92. The Morgan fingerprint density at radius 1 is 0.891 bits per heavy atom. The van der Waals surface area contributed by atoms with Gasteiger partial charge in [0, 0.05) is 6.42 Å². The molecule has 3 fully saturated rings. The number of carbonyl (C=O) groups is 2. The Kier molecular flexibility index (Phi) is 19.2. The molecular formula is C36H65ClN2O6S. The molecule has 4 N–H and O–H groups in total. The van der Waals surface area contributed by atoms with Gasteiger partial charge in [0.1, 0.15) is 23.7 Å². The Labute approximate surface area is 288 Å².